The molecule has 1 aliphatic heterocycles. The van der Waals surface area contributed by atoms with Crippen LogP contribution in [0, 0.1) is 0 Å². The van der Waals surface area contributed by atoms with Crippen LogP contribution in [0.2, 0.25) is 0 Å². The second-order valence-electron chi connectivity index (χ2n) is 6.54. The summed E-state index contributed by atoms with van der Waals surface area (Å²) in [4.78, 5) is 7.42. The Balaban J connectivity index is 0.00000225. The average Bonchev–Trinajstić information content (AvgIpc) is 2.78. The summed E-state index contributed by atoms with van der Waals surface area (Å²) in [6.07, 6.45) is 8.65. The van der Waals surface area contributed by atoms with E-state index in [0.29, 0.717) is 0 Å². The Morgan fingerprint density at radius 2 is 1.40 bits per heavy atom. The Labute approximate surface area is 158 Å². The molecule has 0 aliphatic carbocycles. The highest BCUT2D eigenvalue weighted by Gasteiger charge is 2.14. The van der Waals surface area contributed by atoms with E-state index in [-0.39, 0.29) is 12.4 Å². The van der Waals surface area contributed by atoms with E-state index in [1.807, 2.05) is 0 Å². The number of benzene rings is 2. The van der Waals surface area contributed by atoms with Crippen LogP contribution in [0.25, 0.3) is 0 Å². The largest absolute Gasteiger partial charge is 0.330 e. The van der Waals surface area contributed by atoms with E-state index in [1.54, 1.807) is 0 Å². The molecule has 3 rings (SSSR count). The van der Waals surface area contributed by atoms with E-state index in [1.165, 1.54) is 49.2 Å². The van der Waals surface area contributed by atoms with Gasteiger partial charge in [-0.05, 0) is 37.0 Å². The molecule has 0 aromatic heterocycles. The minimum atomic E-state index is 0. The number of rotatable bonds is 4. The molecule has 0 atom stereocenters. The van der Waals surface area contributed by atoms with Crippen LogP contribution >= 0.6 is 12.4 Å². The number of hydrogen-bond acceptors (Lipinski definition) is 2. The standard InChI is InChI=1S/C22H28N2.ClH/c1-2-10-16-22(23-18-11-3-1)24(21-14-8-5-9-15-21)19-17-20-12-6-4-7-13-20;/h4-9,12-15H,1-3,10-11,16-19H2;1H. The highest BCUT2D eigenvalue weighted by atomic mass is 35.5. The predicted octanol–water partition coefficient (Wildman–Crippen LogP) is 5.91. The van der Waals surface area contributed by atoms with Crippen molar-refractivity contribution >= 4 is 23.9 Å². The topological polar surface area (TPSA) is 15.6 Å². The van der Waals surface area contributed by atoms with Crippen molar-refractivity contribution in [2.45, 2.75) is 44.9 Å². The van der Waals surface area contributed by atoms with Crippen molar-refractivity contribution in [3.05, 3.63) is 66.2 Å². The number of aliphatic imine (C=N–C) groups is 1. The maximum Gasteiger partial charge on any atom is 0.103 e. The molecule has 134 valence electrons. The van der Waals surface area contributed by atoms with Gasteiger partial charge in [0.15, 0.2) is 0 Å². The van der Waals surface area contributed by atoms with Crippen LogP contribution in [0.3, 0.4) is 0 Å². The van der Waals surface area contributed by atoms with Crippen molar-refractivity contribution in [1.82, 2.24) is 0 Å². The normalized spacial score (nSPS) is 15.1. The van der Waals surface area contributed by atoms with E-state index < -0.39 is 0 Å². The van der Waals surface area contributed by atoms with Gasteiger partial charge in [0.25, 0.3) is 0 Å². The summed E-state index contributed by atoms with van der Waals surface area (Å²) in [5.74, 6) is 1.28. The second-order valence-corrected chi connectivity index (χ2v) is 6.54. The smallest absolute Gasteiger partial charge is 0.103 e. The molecule has 0 radical (unpaired) electrons. The molecule has 0 bridgehead atoms. The zero-order valence-corrected chi connectivity index (χ0v) is 15.8. The molecule has 1 heterocycles. The third-order valence-electron chi connectivity index (χ3n) is 4.70. The third-order valence-corrected chi connectivity index (χ3v) is 4.70. The Morgan fingerprint density at radius 1 is 0.760 bits per heavy atom. The first-order chi connectivity index (χ1) is 11.9. The summed E-state index contributed by atoms with van der Waals surface area (Å²) >= 11 is 0. The molecule has 0 spiro atoms. The number of anilines is 1. The van der Waals surface area contributed by atoms with Gasteiger partial charge in [0.1, 0.15) is 5.84 Å². The molecule has 0 amide bonds. The number of amidine groups is 1. The van der Waals surface area contributed by atoms with E-state index in [4.69, 9.17) is 4.99 Å². The lowest BCUT2D eigenvalue weighted by Crippen LogP contribution is -2.33. The first kappa shape index (κ1) is 19.5. The van der Waals surface area contributed by atoms with Gasteiger partial charge in [-0.25, -0.2) is 0 Å². The van der Waals surface area contributed by atoms with Crippen molar-refractivity contribution in [3.8, 4) is 0 Å². The van der Waals surface area contributed by atoms with Crippen LogP contribution in [0.15, 0.2) is 65.7 Å². The van der Waals surface area contributed by atoms with E-state index in [9.17, 15) is 0 Å². The van der Waals surface area contributed by atoms with Crippen LogP contribution < -0.4 is 4.90 Å². The van der Waals surface area contributed by atoms with Gasteiger partial charge < -0.3 is 4.90 Å². The molecule has 0 saturated carbocycles. The van der Waals surface area contributed by atoms with Gasteiger partial charge in [0.2, 0.25) is 0 Å². The Hall–Kier alpha value is -1.80. The van der Waals surface area contributed by atoms with Gasteiger partial charge in [-0.3, -0.25) is 4.99 Å². The predicted molar refractivity (Wildman–Crippen MR) is 111 cm³/mol. The molecule has 0 unspecified atom stereocenters. The molecule has 0 fully saturated rings. The van der Waals surface area contributed by atoms with Crippen molar-refractivity contribution < 1.29 is 0 Å². The number of para-hydroxylation sites is 1. The molecule has 25 heavy (non-hydrogen) atoms. The lowest BCUT2D eigenvalue weighted by molar-refractivity contribution is 0.638. The summed E-state index contributed by atoms with van der Waals surface area (Å²) in [6, 6.07) is 21.5. The lowest BCUT2D eigenvalue weighted by Gasteiger charge is -2.27. The zero-order valence-electron chi connectivity index (χ0n) is 14.9. The molecule has 2 aromatic rings. The number of halogens is 1. The van der Waals surface area contributed by atoms with Crippen molar-refractivity contribution in [3.63, 3.8) is 0 Å². The summed E-state index contributed by atoms with van der Waals surface area (Å²) in [7, 11) is 0. The number of nitrogens with zero attached hydrogens (tertiary/aromatic N) is 2. The summed E-state index contributed by atoms with van der Waals surface area (Å²) < 4.78 is 0. The van der Waals surface area contributed by atoms with Crippen LogP contribution in [-0.2, 0) is 6.42 Å². The molecule has 0 N–H and O–H groups in total. The Morgan fingerprint density at radius 3 is 2.16 bits per heavy atom. The summed E-state index contributed by atoms with van der Waals surface area (Å²) in [5, 5.41) is 0. The first-order valence-corrected chi connectivity index (χ1v) is 9.33. The van der Waals surface area contributed by atoms with Gasteiger partial charge in [-0.1, -0.05) is 67.8 Å². The monoisotopic (exact) mass is 356 g/mol. The average molecular weight is 357 g/mol. The van der Waals surface area contributed by atoms with Crippen molar-refractivity contribution in [2.24, 2.45) is 4.99 Å². The molecule has 0 saturated heterocycles. The maximum absolute atomic E-state index is 4.97. The van der Waals surface area contributed by atoms with E-state index in [0.717, 1.165) is 25.9 Å². The lowest BCUT2D eigenvalue weighted by atomic mass is 10.1. The SMILES string of the molecule is Cl.c1ccc(CCN(C2=NCCCCCCC2)c2ccccc2)cc1. The number of hydrogen-bond donors (Lipinski definition) is 0. The van der Waals surface area contributed by atoms with Gasteiger partial charge in [0.05, 0.1) is 0 Å². The van der Waals surface area contributed by atoms with Crippen LogP contribution in [0.5, 0.6) is 0 Å². The fraction of sp³-hybridized carbons (Fsp3) is 0.409. The van der Waals surface area contributed by atoms with E-state index in [2.05, 4.69) is 65.6 Å². The van der Waals surface area contributed by atoms with Crippen molar-refractivity contribution in [2.75, 3.05) is 18.0 Å². The molecule has 3 heteroatoms. The highest BCUT2D eigenvalue weighted by Crippen LogP contribution is 2.19. The molecule has 2 aromatic carbocycles. The van der Waals surface area contributed by atoms with Gasteiger partial charge in [-0.2, -0.15) is 0 Å². The minimum absolute atomic E-state index is 0. The molecular formula is C22H29ClN2. The van der Waals surface area contributed by atoms with Crippen LogP contribution in [-0.4, -0.2) is 18.9 Å². The zero-order chi connectivity index (χ0) is 16.5. The van der Waals surface area contributed by atoms with Crippen molar-refractivity contribution in [1.29, 1.82) is 0 Å². The van der Waals surface area contributed by atoms with Crippen LogP contribution in [0.1, 0.15) is 44.1 Å². The molecule has 1 aliphatic rings. The highest BCUT2D eigenvalue weighted by molar-refractivity contribution is 5.97. The van der Waals surface area contributed by atoms with Gasteiger partial charge in [0, 0.05) is 25.2 Å². The second kappa shape index (κ2) is 10.9. The first-order valence-electron chi connectivity index (χ1n) is 9.33. The Kier molecular flexibility index (Phi) is 8.54. The summed E-state index contributed by atoms with van der Waals surface area (Å²) in [6.45, 7) is 1.97. The minimum Gasteiger partial charge on any atom is -0.330 e. The molecule has 2 nitrogen and oxygen atoms in total. The Bertz CT molecular complexity index is 625. The third kappa shape index (κ3) is 6.21. The fourth-order valence-corrected chi connectivity index (χ4v) is 3.33. The quantitative estimate of drug-likeness (QED) is 0.664. The maximum atomic E-state index is 4.97. The van der Waals surface area contributed by atoms with Gasteiger partial charge in [-0.15, -0.1) is 12.4 Å². The summed E-state index contributed by atoms with van der Waals surface area (Å²) in [5.41, 5.74) is 2.66. The van der Waals surface area contributed by atoms with Gasteiger partial charge >= 0.3 is 0 Å². The van der Waals surface area contributed by atoms with E-state index >= 15 is 0 Å². The van der Waals surface area contributed by atoms with Crippen LogP contribution in [0.4, 0.5) is 5.69 Å². The fourth-order valence-electron chi connectivity index (χ4n) is 3.33. The molecular weight excluding hydrogens is 328 g/mol.